The van der Waals surface area contributed by atoms with Crippen molar-refractivity contribution in [3.05, 3.63) is 17.7 Å². The van der Waals surface area contributed by atoms with Gasteiger partial charge in [0.25, 0.3) is 0 Å². The summed E-state index contributed by atoms with van der Waals surface area (Å²) in [7, 11) is -4.73. The molecule has 1 aromatic rings. The molecule has 0 amide bonds. The van der Waals surface area contributed by atoms with Crippen LogP contribution in [0.1, 0.15) is 24.2 Å². The number of rotatable bonds is 5. The molecule has 0 unspecified atom stereocenters. The average molecular weight is 386 g/mol. The minimum atomic E-state index is -6.02. The lowest BCUT2D eigenvalue weighted by molar-refractivity contribution is -0.127. The van der Waals surface area contributed by atoms with Crippen LogP contribution in [0.15, 0.2) is 12.1 Å². The van der Waals surface area contributed by atoms with E-state index in [-0.39, 0.29) is 18.3 Å². The van der Waals surface area contributed by atoms with Crippen molar-refractivity contribution in [1.29, 1.82) is 0 Å². The van der Waals surface area contributed by atoms with Crippen LogP contribution in [0, 0.1) is 0 Å². The van der Waals surface area contributed by atoms with Crippen LogP contribution < -0.4 is 13.7 Å². The predicted octanol–water partition coefficient (Wildman–Crippen LogP) is 2.18. The van der Waals surface area contributed by atoms with Gasteiger partial charge >= 0.3 is 21.6 Å². The van der Waals surface area contributed by atoms with Gasteiger partial charge in [-0.1, -0.05) is 0 Å². The zero-order valence-electron chi connectivity index (χ0n) is 13.2. The van der Waals surface area contributed by atoms with E-state index in [1.807, 2.05) is 0 Å². The third-order valence-corrected chi connectivity index (χ3v) is 3.73. The van der Waals surface area contributed by atoms with Gasteiger partial charge in [-0.3, -0.25) is 0 Å². The van der Waals surface area contributed by atoms with Crippen LogP contribution in [-0.2, 0) is 19.6 Å². The molecule has 0 fully saturated rings. The van der Waals surface area contributed by atoms with Crippen LogP contribution in [0.4, 0.5) is 13.2 Å². The summed E-state index contributed by atoms with van der Waals surface area (Å²) in [4.78, 5) is 12.1. The minimum absolute atomic E-state index is 0.140. The Balaban J connectivity index is 2.56. The zero-order chi connectivity index (χ0) is 19.0. The van der Waals surface area contributed by atoms with Crippen LogP contribution in [0.3, 0.4) is 0 Å². The van der Waals surface area contributed by atoms with E-state index < -0.39 is 38.7 Å². The third-order valence-electron chi connectivity index (χ3n) is 2.76. The number of hydrogen-bond donors (Lipinski definition) is 0. The molecule has 12 heteroatoms. The van der Waals surface area contributed by atoms with E-state index >= 15 is 0 Å². The lowest BCUT2D eigenvalue weighted by Crippen LogP contribution is -2.39. The summed E-state index contributed by atoms with van der Waals surface area (Å²) in [5, 5.41) is 0. The summed E-state index contributed by atoms with van der Waals surface area (Å²) in [6.45, 7) is 2.46. The molecule has 2 rings (SSSR count). The second-order valence-electron chi connectivity index (χ2n) is 5.22. The van der Waals surface area contributed by atoms with Gasteiger partial charge < -0.3 is 23.1 Å². The van der Waals surface area contributed by atoms with E-state index in [2.05, 4.69) is 8.92 Å². The number of halogens is 3. The molecule has 0 spiro atoms. The molecule has 8 nitrogen and oxygen atoms in total. The SMILES string of the molecule is COCOc1cc2c(c(OS(=O)(=O)C(F)(F)F)c1)C(=O)OC(C)(C)O2. The molecule has 1 heterocycles. The number of carbonyl (C=O) groups excluding carboxylic acids is 1. The van der Waals surface area contributed by atoms with Gasteiger partial charge in [0.15, 0.2) is 12.5 Å². The molecule has 0 bridgehead atoms. The van der Waals surface area contributed by atoms with Gasteiger partial charge in [-0.2, -0.15) is 21.6 Å². The van der Waals surface area contributed by atoms with Crippen molar-refractivity contribution < 1.29 is 49.5 Å². The first-order valence-corrected chi connectivity index (χ1v) is 8.00. The number of benzene rings is 1. The number of carbonyl (C=O) groups is 1. The summed E-state index contributed by atoms with van der Waals surface area (Å²) in [6, 6.07) is 1.95. The summed E-state index contributed by atoms with van der Waals surface area (Å²) in [5.41, 5.74) is -6.31. The molecule has 0 atom stereocenters. The molecule has 1 aromatic carbocycles. The lowest BCUT2D eigenvalue weighted by Gasteiger charge is -2.32. The van der Waals surface area contributed by atoms with Crippen molar-refractivity contribution in [1.82, 2.24) is 0 Å². The predicted molar refractivity (Wildman–Crippen MR) is 74.7 cm³/mol. The largest absolute Gasteiger partial charge is 0.534 e. The highest BCUT2D eigenvalue weighted by Crippen LogP contribution is 2.42. The van der Waals surface area contributed by atoms with Crippen molar-refractivity contribution in [2.24, 2.45) is 0 Å². The van der Waals surface area contributed by atoms with Gasteiger partial charge in [0.1, 0.15) is 17.1 Å². The molecular formula is C13H13F3O8S. The second kappa shape index (κ2) is 6.26. The van der Waals surface area contributed by atoms with Crippen LogP contribution in [0.25, 0.3) is 0 Å². The molecule has 140 valence electrons. The van der Waals surface area contributed by atoms with E-state index in [4.69, 9.17) is 14.2 Å². The molecule has 1 aliphatic rings. The summed E-state index contributed by atoms with van der Waals surface area (Å²) >= 11 is 0. The highest BCUT2D eigenvalue weighted by atomic mass is 32.2. The Morgan fingerprint density at radius 3 is 2.40 bits per heavy atom. The Labute approximate surface area is 140 Å². The first-order valence-electron chi connectivity index (χ1n) is 6.59. The van der Waals surface area contributed by atoms with Crippen molar-refractivity contribution in [2.75, 3.05) is 13.9 Å². The number of methoxy groups -OCH3 is 1. The van der Waals surface area contributed by atoms with Crippen LogP contribution in [0.5, 0.6) is 17.2 Å². The Morgan fingerprint density at radius 2 is 1.84 bits per heavy atom. The molecule has 0 aliphatic carbocycles. The Hall–Kier alpha value is -2.21. The lowest BCUT2D eigenvalue weighted by atomic mass is 10.1. The molecule has 1 aliphatic heterocycles. The first kappa shape index (κ1) is 19.1. The maximum atomic E-state index is 12.6. The van der Waals surface area contributed by atoms with Gasteiger partial charge in [-0.25, -0.2) is 4.79 Å². The molecule has 25 heavy (non-hydrogen) atoms. The van der Waals surface area contributed by atoms with E-state index in [0.717, 1.165) is 6.07 Å². The fourth-order valence-electron chi connectivity index (χ4n) is 1.85. The fourth-order valence-corrected chi connectivity index (χ4v) is 2.31. The van der Waals surface area contributed by atoms with Gasteiger partial charge in [-0.15, -0.1) is 0 Å². The molecule has 0 aromatic heterocycles. The quantitative estimate of drug-likeness (QED) is 0.329. The molecule has 0 saturated heterocycles. The Morgan fingerprint density at radius 1 is 1.20 bits per heavy atom. The van der Waals surface area contributed by atoms with E-state index in [1.165, 1.54) is 27.0 Å². The van der Waals surface area contributed by atoms with Crippen molar-refractivity contribution in [3.63, 3.8) is 0 Å². The van der Waals surface area contributed by atoms with Crippen LogP contribution in [0.2, 0.25) is 0 Å². The van der Waals surface area contributed by atoms with Crippen LogP contribution in [-0.4, -0.2) is 39.6 Å². The number of ether oxygens (including phenoxy) is 4. The average Bonchev–Trinajstić information content (AvgIpc) is 2.41. The third kappa shape index (κ3) is 4.07. The van der Waals surface area contributed by atoms with Gasteiger partial charge in [0, 0.05) is 33.1 Å². The molecule has 0 N–H and O–H groups in total. The number of cyclic esters (lactones) is 1. The van der Waals surface area contributed by atoms with Crippen LogP contribution >= 0.6 is 0 Å². The smallest absolute Gasteiger partial charge is 0.467 e. The van der Waals surface area contributed by atoms with Gasteiger partial charge in [0.2, 0.25) is 5.79 Å². The maximum absolute atomic E-state index is 12.6. The monoisotopic (exact) mass is 386 g/mol. The van der Waals surface area contributed by atoms with Crippen molar-refractivity contribution >= 4 is 16.1 Å². The second-order valence-corrected chi connectivity index (χ2v) is 6.76. The molecule has 0 radical (unpaired) electrons. The highest BCUT2D eigenvalue weighted by Gasteiger charge is 2.49. The van der Waals surface area contributed by atoms with Gasteiger partial charge in [0.05, 0.1) is 0 Å². The van der Waals surface area contributed by atoms with Crippen molar-refractivity contribution in [2.45, 2.75) is 25.1 Å². The van der Waals surface area contributed by atoms with E-state index in [0.29, 0.717) is 0 Å². The highest BCUT2D eigenvalue weighted by molar-refractivity contribution is 7.88. The summed E-state index contributed by atoms with van der Waals surface area (Å²) < 4.78 is 84.2. The summed E-state index contributed by atoms with van der Waals surface area (Å²) in [6.07, 6.45) is 0. The van der Waals surface area contributed by atoms with Gasteiger partial charge in [-0.05, 0) is 0 Å². The fraction of sp³-hybridized carbons (Fsp3) is 0.462. The maximum Gasteiger partial charge on any atom is 0.534 e. The molecule has 0 saturated carbocycles. The normalized spacial score (nSPS) is 16.5. The van der Waals surface area contributed by atoms with E-state index in [9.17, 15) is 26.4 Å². The van der Waals surface area contributed by atoms with Crippen molar-refractivity contribution in [3.8, 4) is 17.2 Å². The minimum Gasteiger partial charge on any atom is -0.467 e. The zero-order valence-corrected chi connectivity index (χ0v) is 14.0. The standard InChI is InChI=1S/C13H13F3O8S/c1-12(2)22-8-4-7(21-6-20-3)5-9(10(8)11(17)23-12)24-25(18,19)13(14,15)16/h4-5H,6H2,1-3H3. The number of alkyl halides is 3. The Kier molecular flexibility index (Phi) is 4.79. The topological polar surface area (TPSA) is 97.4 Å². The number of esters is 1. The number of hydrogen-bond acceptors (Lipinski definition) is 8. The molecular weight excluding hydrogens is 373 g/mol. The Bertz CT molecular complexity index is 785. The number of fused-ring (bicyclic) bond motifs is 1. The summed E-state index contributed by atoms with van der Waals surface area (Å²) in [5.74, 6) is -3.89. The first-order chi connectivity index (χ1) is 11.4. The van der Waals surface area contributed by atoms with E-state index in [1.54, 1.807) is 0 Å².